The van der Waals surface area contributed by atoms with Gasteiger partial charge in [-0.2, -0.15) is 4.98 Å². The maximum Gasteiger partial charge on any atom is 0.257 e. The fourth-order valence-corrected chi connectivity index (χ4v) is 4.18. The van der Waals surface area contributed by atoms with Crippen molar-refractivity contribution >= 4 is 5.96 Å². The molecule has 0 radical (unpaired) electrons. The van der Waals surface area contributed by atoms with Gasteiger partial charge < -0.3 is 19.5 Å². The van der Waals surface area contributed by atoms with Crippen molar-refractivity contribution in [1.29, 1.82) is 0 Å². The van der Waals surface area contributed by atoms with Crippen molar-refractivity contribution in [3.8, 4) is 11.5 Å². The molecule has 7 nitrogen and oxygen atoms in total. The van der Waals surface area contributed by atoms with Crippen LogP contribution in [0, 0.1) is 5.41 Å². The molecular formula is C22H31N5O2. The van der Waals surface area contributed by atoms with Crippen LogP contribution >= 0.6 is 0 Å². The van der Waals surface area contributed by atoms with Crippen LogP contribution in [-0.2, 0) is 17.7 Å². The summed E-state index contributed by atoms with van der Waals surface area (Å²) in [6.45, 7) is 9.55. The van der Waals surface area contributed by atoms with E-state index in [1.54, 1.807) is 0 Å². The lowest BCUT2D eigenvalue weighted by Gasteiger charge is -2.25. The summed E-state index contributed by atoms with van der Waals surface area (Å²) in [6.07, 6.45) is 4.19. The first-order valence-corrected chi connectivity index (χ1v) is 10.7. The molecule has 1 N–H and O–H groups in total. The number of guanidine groups is 1. The minimum absolute atomic E-state index is 0.324. The summed E-state index contributed by atoms with van der Waals surface area (Å²) in [5.41, 5.74) is 2.40. The lowest BCUT2D eigenvalue weighted by atomic mass is 9.87. The van der Waals surface area contributed by atoms with Crippen molar-refractivity contribution in [2.75, 3.05) is 32.8 Å². The van der Waals surface area contributed by atoms with E-state index in [4.69, 9.17) is 14.3 Å². The Morgan fingerprint density at radius 1 is 1.31 bits per heavy atom. The van der Waals surface area contributed by atoms with Crippen LogP contribution in [0.5, 0.6) is 0 Å². The van der Waals surface area contributed by atoms with Gasteiger partial charge in [-0.05, 0) is 43.9 Å². The van der Waals surface area contributed by atoms with Crippen LogP contribution in [0.3, 0.4) is 0 Å². The monoisotopic (exact) mass is 397 g/mol. The molecule has 29 heavy (non-hydrogen) atoms. The molecule has 0 amide bonds. The quantitative estimate of drug-likeness (QED) is 0.596. The summed E-state index contributed by atoms with van der Waals surface area (Å²) in [5, 5.41) is 7.52. The van der Waals surface area contributed by atoms with Gasteiger partial charge in [-0.25, -0.2) is 4.99 Å². The van der Waals surface area contributed by atoms with Gasteiger partial charge in [-0.1, -0.05) is 24.2 Å². The molecule has 0 aliphatic carbocycles. The number of nitrogens with zero attached hydrogens (tertiary/aromatic N) is 4. The zero-order valence-corrected chi connectivity index (χ0v) is 17.5. The third kappa shape index (κ3) is 4.61. The predicted octanol–water partition coefficient (Wildman–Crippen LogP) is 3.27. The van der Waals surface area contributed by atoms with E-state index in [9.17, 15) is 0 Å². The average Bonchev–Trinajstić information content (AvgIpc) is 3.48. The molecule has 0 bridgehead atoms. The topological polar surface area (TPSA) is 75.8 Å². The number of aryl methyl sites for hydroxylation is 1. The molecule has 1 aromatic carbocycles. The number of rotatable bonds is 6. The Labute approximate surface area is 172 Å². The van der Waals surface area contributed by atoms with Crippen LogP contribution in [0.2, 0.25) is 0 Å². The zero-order chi connectivity index (χ0) is 20.1. The first-order chi connectivity index (χ1) is 14.2. The van der Waals surface area contributed by atoms with Gasteiger partial charge in [0.1, 0.15) is 0 Å². The first-order valence-electron chi connectivity index (χ1n) is 10.7. The van der Waals surface area contributed by atoms with Gasteiger partial charge in [0.2, 0.25) is 0 Å². The Morgan fingerprint density at radius 2 is 2.24 bits per heavy atom. The van der Waals surface area contributed by atoms with Crippen LogP contribution in [-0.4, -0.2) is 53.8 Å². The minimum atomic E-state index is 0.324. The van der Waals surface area contributed by atoms with Gasteiger partial charge in [0, 0.05) is 43.6 Å². The molecule has 1 spiro atoms. The van der Waals surface area contributed by atoms with E-state index >= 15 is 0 Å². The fourth-order valence-electron chi connectivity index (χ4n) is 4.18. The summed E-state index contributed by atoms with van der Waals surface area (Å²) in [5.74, 6) is 2.33. The van der Waals surface area contributed by atoms with Gasteiger partial charge in [0.05, 0.1) is 13.2 Å². The molecule has 156 valence electrons. The zero-order valence-electron chi connectivity index (χ0n) is 17.5. The van der Waals surface area contributed by atoms with Crippen LogP contribution in [0.4, 0.5) is 0 Å². The highest BCUT2D eigenvalue weighted by Gasteiger charge is 2.42. The molecule has 4 rings (SSSR count). The highest BCUT2D eigenvalue weighted by molar-refractivity contribution is 5.80. The maximum absolute atomic E-state index is 5.66. The Morgan fingerprint density at radius 3 is 3.03 bits per heavy atom. The van der Waals surface area contributed by atoms with Crippen LogP contribution in [0.25, 0.3) is 11.5 Å². The molecule has 1 aromatic heterocycles. The molecule has 7 heteroatoms. The summed E-state index contributed by atoms with van der Waals surface area (Å²) in [6, 6.07) is 8.21. The third-order valence-electron chi connectivity index (χ3n) is 5.78. The van der Waals surface area contributed by atoms with Crippen molar-refractivity contribution < 1.29 is 9.26 Å². The summed E-state index contributed by atoms with van der Waals surface area (Å²) in [7, 11) is 0. The second-order valence-electron chi connectivity index (χ2n) is 8.11. The molecule has 2 aromatic rings. The molecule has 3 heterocycles. The van der Waals surface area contributed by atoms with Gasteiger partial charge in [0.15, 0.2) is 11.8 Å². The third-order valence-corrected chi connectivity index (χ3v) is 5.78. The van der Waals surface area contributed by atoms with E-state index in [1.807, 2.05) is 12.1 Å². The van der Waals surface area contributed by atoms with Crippen LogP contribution < -0.4 is 5.32 Å². The molecule has 2 aliphatic rings. The average molecular weight is 398 g/mol. The van der Waals surface area contributed by atoms with Crippen molar-refractivity contribution in [1.82, 2.24) is 20.4 Å². The molecular weight excluding hydrogens is 366 g/mol. The van der Waals surface area contributed by atoms with E-state index in [0.717, 1.165) is 75.0 Å². The number of likely N-dealkylation sites (tertiary alicyclic amines) is 1. The molecule has 1 unspecified atom stereocenters. The predicted molar refractivity (Wildman–Crippen MR) is 113 cm³/mol. The lowest BCUT2D eigenvalue weighted by molar-refractivity contribution is 0.156. The summed E-state index contributed by atoms with van der Waals surface area (Å²) >= 11 is 0. The molecule has 2 aliphatic heterocycles. The number of aliphatic imine (C=N–C) groups is 1. The van der Waals surface area contributed by atoms with Crippen molar-refractivity contribution in [3.63, 3.8) is 0 Å². The van der Waals surface area contributed by atoms with Crippen LogP contribution in [0.15, 0.2) is 33.8 Å². The smallest absolute Gasteiger partial charge is 0.257 e. The number of benzene rings is 1. The van der Waals surface area contributed by atoms with E-state index in [1.165, 1.54) is 6.42 Å². The van der Waals surface area contributed by atoms with E-state index in [0.29, 0.717) is 17.9 Å². The number of hydrogen-bond donors (Lipinski definition) is 1. The first kappa shape index (κ1) is 19.9. The fraction of sp³-hybridized carbons (Fsp3) is 0.591. The number of ether oxygens (including phenoxy) is 1. The Balaban J connectivity index is 1.46. The van der Waals surface area contributed by atoms with Crippen molar-refractivity contribution in [2.24, 2.45) is 10.4 Å². The van der Waals surface area contributed by atoms with E-state index in [2.05, 4.69) is 46.3 Å². The maximum atomic E-state index is 5.66. The lowest BCUT2D eigenvalue weighted by Crippen LogP contribution is -2.41. The Kier molecular flexibility index (Phi) is 6.13. The van der Waals surface area contributed by atoms with Gasteiger partial charge in [0.25, 0.3) is 5.89 Å². The van der Waals surface area contributed by atoms with Gasteiger partial charge >= 0.3 is 0 Å². The van der Waals surface area contributed by atoms with Crippen LogP contribution in [0.1, 0.15) is 44.5 Å². The SMILES string of the molecule is CCCc1noc(-c2cccc(CN=C(NCC)N3CCC4(CCOC4)C3)c2)n1. The number of hydrogen-bond acceptors (Lipinski definition) is 5. The summed E-state index contributed by atoms with van der Waals surface area (Å²) < 4.78 is 11.1. The second kappa shape index (κ2) is 8.95. The van der Waals surface area contributed by atoms with Gasteiger partial charge in [-0.15, -0.1) is 0 Å². The molecule has 0 saturated carbocycles. The molecule has 2 fully saturated rings. The number of nitrogens with one attached hydrogen (secondary N) is 1. The summed E-state index contributed by atoms with van der Waals surface area (Å²) in [4.78, 5) is 11.8. The van der Waals surface area contributed by atoms with E-state index < -0.39 is 0 Å². The van der Waals surface area contributed by atoms with E-state index in [-0.39, 0.29) is 0 Å². The molecule has 1 atom stereocenters. The van der Waals surface area contributed by atoms with Gasteiger partial charge in [-0.3, -0.25) is 0 Å². The second-order valence-corrected chi connectivity index (χ2v) is 8.11. The highest BCUT2D eigenvalue weighted by Crippen LogP contribution is 2.38. The normalized spacial score (nSPS) is 22.0. The standard InChI is InChI=1S/C22H31N5O2/c1-3-6-19-25-20(29-26-19)18-8-5-7-17(13-18)14-24-21(23-4-2)27-11-9-22(15-27)10-12-28-16-22/h5,7-8,13H,3-4,6,9-12,14-16H2,1-2H3,(H,23,24). The highest BCUT2D eigenvalue weighted by atomic mass is 16.5. The minimum Gasteiger partial charge on any atom is -0.381 e. The molecule has 2 saturated heterocycles. The van der Waals surface area contributed by atoms with Crippen molar-refractivity contribution in [3.05, 3.63) is 35.7 Å². The largest absolute Gasteiger partial charge is 0.381 e. The van der Waals surface area contributed by atoms with Crippen molar-refractivity contribution in [2.45, 2.75) is 46.1 Å². The Hall–Kier alpha value is -2.41. The Bertz CT molecular complexity index is 841. The number of aromatic nitrogens is 2.